The van der Waals surface area contributed by atoms with E-state index in [1.165, 1.54) is 0 Å². The molecule has 0 atom stereocenters. The number of benzene rings is 1. The number of hydrogen-bond acceptors (Lipinski definition) is 4. The average Bonchev–Trinajstić information content (AvgIpc) is 3.03. The van der Waals surface area contributed by atoms with Crippen molar-refractivity contribution in [3.8, 4) is 5.95 Å². The Bertz CT molecular complexity index is 1040. The van der Waals surface area contributed by atoms with E-state index in [1.807, 2.05) is 26.0 Å². The standard InChI is InChI=1S/C17H18N6/c1-5-22-14-9-7-6-8-13(14)15-16(22)18-17(20-19-15)23-12(4)10(2)11(3)21-23/h6-9H,5H2,1-4H3. The lowest BCUT2D eigenvalue weighted by atomic mass is 10.2. The van der Waals surface area contributed by atoms with Gasteiger partial charge in [-0.15, -0.1) is 10.2 Å². The molecule has 6 nitrogen and oxygen atoms in total. The van der Waals surface area contributed by atoms with Crippen molar-refractivity contribution in [1.29, 1.82) is 0 Å². The zero-order chi connectivity index (χ0) is 16.1. The topological polar surface area (TPSA) is 61.4 Å². The van der Waals surface area contributed by atoms with Crippen molar-refractivity contribution in [2.24, 2.45) is 0 Å². The fourth-order valence-corrected chi connectivity index (χ4v) is 3.02. The fraction of sp³-hybridized carbons (Fsp3) is 0.294. The molecule has 116 valence electrons. The highest BCUT2D eigenvalue weighted by molar-refractivity contribution is 6.04. The molecule has 0 aliphatic heterocycles. The molecular weight excluding hydrogens is 288 g/mol. The Balaban J connectivity index is 2.04. The molecule has 0 spiro atoms. The van der Waals surface area contributed by atoms with Gasteiger partial charge in [-0.2, -0.15) is 10.1 Å². The average molecular weight is 306 g/mol. The van der Waals surface area contributed by atoms with E-state index in [0.29, 0.717) is 5.95 Å². The first-order chi connectivity index (χ1) is 11.1. The second-order valence-electron chi connectivity index (χ2n) is 5.75. The maximum Gasteiger partial charge on any atom is 0.272 e. The molecule has 3 heterocycles. The third-order valence-corrected chi connectivity index (χ3v) is 4.52. The summed E-state index contributed by atoms with van der Waals surface area (Å²) in [6, 6.07) is 8.20. The second kappa shape index (κ2) is 4.87. The summed E-state index contributed by atoms with van der Waals surface area (Å²) < 4.78 is 3.94. The molecule has 0 bridgehead atoms. The van der Waals surface area contributed by atoms with E-state index in [4.69, 9.17) is 4.98 Å². The molecule has 0 radical (unpaired) electrons. The van der Waals surface area contributed by atoms with Crippen LogP contribution in [0.25, 0.3) is 28.0 Å². The van der Waals surface area contributed by atoms with Gasteiger partial charge in [0.2, 0.25) is 0 Å². The summed E-state index contributed by atoms with van der Waals surface area (Å²) in [5, 5.41) is 14.4. The lowest BCUT2D eigenvalue weighted by molar-refractivity contribution is 0.744. The van der Waals surface area contributed by atoms with E-state index >= 15 is 0 Å². The van der Waals surface area contributed by atoms with E-state index in [9.17, 15) is 0 Å². The Labute approximate surface area is 133 Å². The molecule has 0 aliphatic carbocycles. The number of hydrogen-bond donors (Lipinski definition) is 0. The zero-order valence-electron chi connectivity index (χ0n) is 13.7. The number of fused-ring (bicyclic) bond motifs is 3. The highest BCUT2D eigenvalue weighted by atomic mass is 15.4. The largest absolute Gasteiger partial charge is 0.324 e. The van der Waals surface area contributed by atoms with Crippen molar-refractivity contribution in [2.75, 3.05) is 0 Å². The number of para-hydroxylation sites is 1. The lowest BCUT2D eigenvalue weighted by Crippen LogP contribution is -2.08. The summed E-state index contributed by atoms with van der Waals surface area (Å²) in [7, 11) is 0. The summed E-state index contributed by atoms with van der Waals surface area (Å²) in [5.41, 5.74) is 6.01. The Kier molecular flexibility index (Phi) is 2.94. The Morgan fingerprint density at radius 3 is 2.52 bits per heavy atom. The quantitative estimate of drug-likeness (QED) is 0.571. The van der Waals surface area contributed by atoms with Crippen LogP contribution in [0.2, 0.25) is 0 Å². The Morgan fingerprint density at radius 2 is 1.83 bits per heavy atom. The highest BCUT2D eigenvalue weighted by Gasteiger charge is 2.16. The number of aryl methyl sites for hydroxylation is 2. The summed E-state index contributed by atoms with van der Waals surface area (Å²) in [6.07, 6.45) is 0. The van der Waals surface area contributed by atoms with Gasteiger partial charge in [-0.25, -0.2) is 4.68 Å². The summed E-state index contributed by atoms with van der Waals surface area (Å²) in [5.74, 6) is 0.517. The van der Waals surface area contributed by atoms with Crippen LogP contribution in [0, 0.1) is 20.8 Å². The first-order valence-electron chi connectivity index (χ1n) is 7.76. The predicted octanol–water partition coefficient (Wildman–Crippen LogP) is 3.11. The van der Waals surface area contributed by atoms with Crippen LogP contribution in [0.1, 0.15) is 23.9 Å². The molecule has 4 aromatic rings. The smallest absolute Gasteiger partial charge is 0.272 e. The van der Waals surface area contributed by atoms with Crippen molar-refractivity contribution in [3.05, 3.63) is 41.2 Å². The molecule has 0 aliphatic rings. The molecule has 0 amide bonds. The van der Waals surface area contributed by atoms with Crippen LogP contribution in [0.4, 0.5) is 0 Å². The molecule has 0 saturated heterocycles. The predicted molar refractivity (Wildman–Crippen MR) is 89.8 cm³/mol. The minimum atomic E-state index is 0.517. The highest BCUT2D eigenvalue weighted by Crippen LogP contribution is 2.26. The van der Waals surface area contributed by atoms with Crippen LogP contribution in [0.5, 0.6) is 0 Å². The van der Waals surface area contributed by atoms with Gasteiger partial charge in [-0.1, -0.05) is 18.2 Å². The third kappa shape index (κ3) is 1.87. The van der Waals surface area contributed by atoms with Crippen LogP contribution < -0.4 is 0 Å². The van der Waals surface area contributed by atoms with Gasteiger partial charge < -0.3 is 4.57 Å². The normalized spacial score (nSPS) is 11.7. The van der Waals surface area contributed by atoms with E-state index in [-0.39, 0.29) is 0 Å². The van der Waals surface area contributed by atoms with Crippen molar-refractivity contribution in [2.45, 2.75) is 34.2 Å². The zero-order valence-corrected chi connectivity index (χ0v) is 13.7. The van der Waals surface area contributed by atoms with E-state index in [1.54, 1.807) is 4.68 Å². The van der Waals surface area contributed by atoms with Gasteiger partial charge in [0.25, 0.3) is 5.95 Å². The Hall–Kier alpha value is -2.76. The lowest BCUT2D eigenvalue weighted by Gasteiger charge is -2.04. The summed E-state index contributed by atoms with van der Waals surface area (Å²) in [6.45, 7) is 9.02. The van der Waals surface area contributed by atoms with Crippen molar-refractivity contribution < 1.29 is 0 Å². The van der Waals surface area contributed by atoms with Gasteiger partial charge in [-0.05, 0) is 39.3 Å². The number of rotatable bonds is 2. The molecular formula is C17H18N6. The molecule has 23 heavy (non-hydrogen) atoms. The van der Waals surface area contributed by atoms with Gasteiger partial charge >= 0.3 is 0 Å². The van der Waals surface area contributed by atoms with Crippen molar-refractivity contribution in [1.82, 2.24) is 29.5 Å². The first kappa shape index (κ1) is 13.9. The van der Waals surface area contributed by atoms with Crippen molar-refractivity contribution in [3.63, 3.8) is 0 Å². The van der Waals surface area contributed by atoms with Gasteiger partial charge in [0.15, 0.2) is 5.65 Å². The molecule has 0 N–H and O–H groups in total. The van der Waals surface area contributed by atoms with Crippen LogP contribution in [-0.4, -0.2) is 29.5 Å². The van der Waals surface area contributed by atoms with Crippen LogP contribution in [0.15, 0.2) is 24.3 Å². The Morgan fingerprint density at radius 1 is 1.04 bits per heavy atom. The summed E-state index contributed by atoms with van der Waals surface area (Å²) in [4.78, 5) is 4.76. The number of nitrogens with zero attached hydrogens (tertiary/aromatic N) is 6. The maximum atomic E-state index is 4.76. The van der Waals surface area contributed by atoms with E-state index in [2.05, 4.69) is 45.8 Å². The molecule has 0 fully saturated rings. The molecule has 6 heteroatoms. The molecule has 4 rings (SSSR count). The SMILES string of the molecule is CCn1c2ccccc2c2nnc(-n3nc(C)c(C)c3C)nc21. The van der Waals surface area contributed by atoms with E-state index < -0.39 is 0 Å². The number of aromatic nitrogens is 6. The first-order valence-corrected chi connectivity index (χ1v) is 7.76. The molecule has 3 aromatic heterocycles. The van der Waals surface area contributed by atoms with Gasteiger partial charge in [0.1, 0.15) is 5.52 Å². The van der Waals surface area contributed by atoms with E-state index in [0.717, 1.165) is 45.6 Å². The molecule has 0 saturated carbocycles. The molecule has 1 aromatic carbocycles. The van der Waals surface area contributed by atoms with Crippen molar-refractivity contribution >= 4 is 22.1 Å². The minimum Gasteiger partial charge on any atom is -0.324 e. The van der Waals surface area contributed by atoms with Crippen LogP contribution in [-0.2, 0) is 6.54 Å². The third-order valence-electron chi connectivity index (χ3n) is 4.52. The minimum absolute atomic E-state index is 0.517. The van der Waals surface area contributed by atoms with Gasteiger partial charge in [-0.3, -0.25) is 0 Å². The van der Waals surface area contributed by atoms with Crippen LogP contribution >= 0.6 is 0 Å². The summed E-state index contributed by atoms with van der Waals surface area (Å²) >= 11 is 0. The maximum absolute atomic E-state index is 4.76. The van der Waals surface area contributed by atoms with Crippen LogP contribution in [0.3, 0.4) is 0 Å². The monoisotopic (exact) mass is 306 g/mol. The van der Waals surface area contributed by atoms with Gasteiger partial charge in [0, 0.05) is 17.6 Å². The second-order valence-corrected chi connectivity index (χ2v) is 5.75. The fourth-order valence-electron chi connectivity index (χ4n) is 3.02. The van der Waals surface area contributed by atoms with Gasteiger partial charge in [0.05, 0.1) is 11.2 Å². The molecule has 0 unspecified atom stereocenters.